The number of halogens is 2. The van der Waals surface area contributed by atoms with Crippen LogP contribution in [0.25, 0.3) is 0 Å². The van der Waals surface area contributed by atoms with Crippen LogP contribution in [0.3, 0.4) is 0 Å². The molecule has 134 valence electrons. The third kappa shape index (κ3) is 5.63. The van der Waals surface area contributed by atoms with Gasteiger partial charge >= 0.3 is 0 Å². The Kier molecular flexibility index (Phi) is 7.12. The third-order valence-electron chi connectivity index (χ3n) is 3.97. The van der Waals surface area contributed by atoms with Crippen molar-refractivity contribution in [2.45, 2.75) is 19.5 Å². The zero-order chi connectivity index (χ0) is 18.4. The van der Waals surface area contributed by atoms with Gasteiger partial charge in [-0.3, -0.25) is 4.79 Å². The van der Waals surface area contributed by atoms with E-state index >= 15 is 0 Å². The van der Waals surface area contributed by atoms with E-state index in [9.17, 15) is 4.79 Å². The van der Waals surface area contributed by atoms with E-state index in [0.717, 1.165) is 16.9 Å². The monoisotopic (exact) mass is 380 g/mol. The number of nitrogens with zero attached hydrogens (tertiary/aromatic N) is 1. The summed E-state index contributed by atoms with van der Waals surface area (Å²) in [4.78, 5) is 14.0. The molecule has 4 nitrogen and oxygen atoms in total. The third-order valence-corrected chi connectivity index (χ3v) is 4.53. The van der Waals surface area contributed by atoms with Crippen molar-refractivity contribution in [3.63, 3.8) is 0 Å². The number of benzene rings is 2. The van der Waals surface area contributed by atoms with E-state index in [1.807, 2.05) is 37.3 Å². The van der Waals surface area contributed by atoms with Crippen molar-refractivity contribution in [1.82, 2.24) is 10.2 Å². The molecule has 1 N–H and O–H groups in total. The number of ether oxygens (including phenoxy) is 1. The molecule has 0 saturated carbocycles. The Morgan fingerprint density at radius 2 is 2.00 bits per heavy atom. The molecule has 0 saturated heterocycles. The normalized spacial score (nSPS) is 11.9. The van der Waals surface area contributed by atoms with Gasteiger partial charge in [0.15, 0.2) is 0 Å². The van der Waals surface area contributed by atoms with Crippen LogP contribution in [0.5, 0.6) is 5.75 Å². The Bertz CT molecular complexity index is 737. The van der Waals surface area contributed by atoms with Crippen LogP contribution >= 0.6 is 23.2 Å². The molecular weight excluding hydrogens is 359 g/mol. The lowest BCUT2D eigenvalue weighted by Crippen LogP contribution is -2.36. The van der Waals surface area contributed by atoms with Crippen molar-refractivity contribution in [2.24, 2.45) is 0 Å². The molecule has 0 aliphatic heterocycles. The van der Waals surface area contributed by atoms with Crippen LogP contribution in [-0.2, 0) is 11.3 Å². The van der Waals surface area contributed by atoms with Crippen LogP contribution in [0.1, 0.15) is 24.1 Å². The first kappa shape index (κ1) is 19.6. The smallest absolute Gasteiger partial charge is 0.236 e. The first-order valence-electron chi connectivity index (χ1n) is 7.96. The van der Waals surface area contributed by atoms with Crippen molar-refractivity contribution < 1.29 is 9.53 Å². The first-order valence-corrected chi connectivity index (χ1v) is 8.71. The number of hydrogen-bond acceptors (Lipinski definition) is 3. The second kappa shape index (κ2) is 9.09. The molecule has 0 bridgehead atoms. The summed E-state index contributed by atoms with van der Waals surface area (Å²) in [5.74, 6) is 0.780. The van der Waals surface area contributed by atoms with Gasteiger partial charge in [0.2, 0.25) is 5.91 Å². The molecule has 0 heterocycles. The Hall–Kier alpha value is -1.75. The summed E-state index contributed by atoms with van der Waals surface area (Å²) < 4.78 is 5.21. The van der Waals surface area contributed by atoms with Crippen molar-refractivity contribution in [3.8, 4) is 5.75 Å². The van der Waals surface area contributed by atoms with Crippen molar-refractivity contribution in [1.29, 1.82) is 0 Å². The molecule has 0 radical (unpaired) electrons. The van der Waals surface area contributed by atoms with Crippen LogP contribution in [-0.4, -0.2) is 31.5 Å². The van der Waals surface area contributed by atoms with E-state index in [1.165, 1.54) is 0 Å². The maximum Gasteiger partial charge on any atom is 0.236 e. The van der Waals surface area contributed by atoms with Crippen LogP contribution < -0.4 is 10.1 Å². The van der Waals surface area contributed by atoms with Crippen molar-refractivity contribution in [2.75, 3.05) is 20.7 Å². The number of methoxy groups -OCH3 is 1. The zero-order valence-electron chi connectivity index (χ0n) is 14.6. The summed E-state index contributed by atoms with van der Waals surface area (Å²) in [7, 11) is 3.41. The van der Waals surface area contributed by atoms with Crippen molar-refractivity contribution >= 4 is 29.1 Å². The molecule has 0 aromatic heterocycles. The highest BCUT2D eigenvalue weighted by Gasteiger charge is 2.14. The summed E-state index contributed by atoms with van der Waals surface area (Å²) >= 11 is 12.1. The standard InChI is InChI=1S/C19H22Cl2N2O2/c1-13(17-8-7-15(20)10-18(17)21)22-11-19(24)23(2)12-14-5-4-6-16(9-14)25-3/h4-10,13,22H,11-12H2,1-3H3. The number of nitrogens with one attached hydrogen (secondary N) is 1. The highest BCUT2D eigenvalue weighted by Crippen LogP contribution is 2.26. The predicted molar refractivity (Wildman–Crippen MR) is 102 cm³/mol. The van der Waals surface area contributed by atoms with Gasteiger partial charge in [0.05, 0.1) is 13.7 Å². The van der Waals surface area contributed by atoms with Crippen LogP contribution in [0.2, 0.25) is 10.0 Å². The highest BCUT2D eigenvalue weighted by atomic mass is 35.5. The number of rotatable bonds is 7. The van der Waals surface area contributed by atoms with Crippen LogP contribution in [0.15, 0.2) is 42.5 Å². The van der Waals surface area contributed by atoms with E-state index in [-0.39, 0.29) is 18.5 Å². The number of hydrogen-bond donors (Lipinski definition) is 1. The fourth-order valence-corrected chi connectivity index (χ4v) is 3.04. The van der Waals surface area contributed by atoms with Gasteiger partial charge < -0.3 is 15.0 Å². The quantitative estimate of drug-likeness (QED) is 0.777. The molecule has 2 aromatic rings. The zero-order valence-corrected chi connectivity index (χ0v) is 16.1. The second-order valence-corrected chi connectivity index (χ2v) is 6.71. The average Bonchev–Trinajstić information content (AvgIpc) is 2.59. The van der Waals surface area contributed by atoms with Crippen molar-refractivity contribution in [3.05, 3.63) is 63.6 Å². The van der Waals surface area contributed by atoms with Gasteiger partial charge in [-0.2, -0.15) is 0 Å². The minimum Gasteiger partial charge on any atom is -0.497 e. The lowest BCUT2D eigenvalue weighted by molar-refractivity contribution is -0.129. The number of carbonyl (C=O) groups excluding carboxylic acids is 1. The molecule has 0 aliphatic carbocycles. The maximum atomic E-state index is 12.4. The van der Waals surface area contributed by atoms with Gasteiger partial charge in [-0.1, -0.05) is 41.4 Å². The molecule has 25 heavy (non-hydrogen) atoms. The topological polar surface area (TPSA) is 41.6 Å². The van der Waals surface area contributed by atoms with Crippen LogP contribution in [0.4, 0.5) is 0 Å². The Labute approximate surface area is 158 Å². The van der Waals surface area contributed by atoms with Gasteiger partial charge in [0, 0.05) is 29.7 Å². The fourth-order valence-electron chi connectivity index (χ4n) is 2.47. The maximum absolute atomic E-state index is 12.4. The molecule has 6 heteroatoms. The van der Waals surface area contributed by atoms with Gasteiger partial charge in [-0.15, -0.1) is 0 Å². The lowest BCUT2D eigenvalue weighted by Gasteiger charge is -2.20. The molecule has 0 fully saturated rings. The highest BCUT2D eigenvalue weighted by molar-refractivity contribution is 6.35. The van der Waals surface area contributed by atoms with Gasteiger partial charge in [-0.05, 0) is 42.3 Å². The summed E-state index contributed by atoms with van der Waals surface area (Å²) in [6.07, 6.45) is 0. The number of likely N-dealkylation sites (N-methyl/N-ethyl adjacent to an activating group) is 1. The largest absolute Gasteiger partial charge is 0.497 e. The molecule has 0 spiro atoms. The molecule has 1 amide bonds. The summed E-state index contributed by atoms with van der Waals surface area (Å²) in [5.41, 5.74) is 1.93. The fraction of sp³-hybridized carbons (Fsp3) is 0.316. The predicted octanol–water partition coefficient (Wildman–Crippen LogP) is 4.31. The summed E-state index contributed by atoms with van der Waals surface area (Å²) in [6, 6.07) is 13.0. The number of carbonyl (C=O) groups is 1. The van der Waals surface area contributed by atoms with Gasteiger partial charge in [0.25, 0.3) is 0 Å². The molecule has 2 rings (SSSR count). The van der Waals surface area contributed by atoms with E-state index in [4.69, 9.17) is 27.9 Å². The molecule has 1 unspecified atom stereocenters. The molecule has 0 aliphatic rings. The minimum atomic E-state index is -0.0565. The lowest BCUT2D eigenvalue weighted by atomic mass is 10.1. The summed E-state index contributed by atoms with van der Waals surface area (Å²) in [5, 5.41) is 4.39. The SMILES string of the molecule is COc1cccc(CN(C)C(=O)CNC(C)c2ccc(Cl)cc2Cl)c1. The Morgan fingerprint density at radius 3 is 2.68 bits per heavy atom. The Balaban J connectivity index is 1.90. The molecule has 2 aromatic carbocycles. The van der Waals surface area contributed by atoms with Crippen LogP contribution in [0, 0.1) is 0 Å². The van der Waals surface area contributed by atoms with Gasteiger partial charge in [0.1, 0.15) is 5.75 Å². The second-order valence-electron chi connectivity index (χ2n) is 5.87. The van der Waals surface area contributed by atoms with E-state index in [0.29, 0.717) is 16.6 Å². The first-order chi connectivity index (χ1) is 11.9. The molecule has 1 atom stereocenters. The number of amides is 1. The Morgan fingerprint density at radius 1 is 1.24 bits per heavy atom. The minimum absolute atomic E-state index is 0.000226. The van der Waals surface area contributed by atoms with E-state index in [2.05, 4.69) is 5.32 Å². The van der Waals surface area contributed by atoms with E-state index in [1.54, 1.807) is 31.2 Å². The average molecular weight is 381 g/mol. The molecular formula is C19H22Cl2N2O2. The summed E-state index contributed by atoms with van der Waals surface area (Å²) in [6.45, 7) is 2.71. The van der Waals surface area contributed by atoms with Gasteiger partial charge in [-0.25, -0.2) is 0 Å². The van der Waals surface area contributed by atoms with E-state index < -0.39 is 0 Å².